The Morgan fingerprint density at radius 1 is 1.03 bits per heavy atom. The summed E-state index contributed by atoms with van der Waals surface area (Å²) in [6.45, 7) is 13.0. The lowest BCUT2D eigenvalue weighted by Crippen LogP contribution is -2.43. The molecule has 1 aromatic carbocycles. The maximum atomic E-state index is 13.9. The summed E-state index contributed by atoms with van der Waals surface area (Å²) in [4.78, 5) is 35.2. The van der Waals surface area contributed by atoms with Gasteiger partial charge >= 0.3 is 5.97 Å². The molecule has 0 aliphatic heterocycles. The Hall–Kier alpha value is -3.29. The topological polar surface area (TPSA) is 108 Å². The first-order chi connectivity index (χ1) is 17.3. The minimum atomic E-state index is -3.78. The molecule has 0 radical (unpaired) electrons. The molecule has 0 N–H and O–H groups in total. The van der Waals surface area contributed by atoms with Crippen molar-refractivity contribution in [2.75, 3.05) is 13.4 Å². The van der Waals surface area contributed by atoms with Crippen molar-refractivity contribution in [3.05, 3.63) is 58.0 Å². The van der Waals surface area contributed by atoms with E-state index in [1.807, 2.05) is 0 Å². The second kappa shape index (κ2) is 10.6. The molecule has 0 spiro atoms. The molecule has 0 amide bonds. The fourth-order valence-corrected chi connectivity index (χ4v) is 10.9. The van der Waals surface area contributed by atoms with Gasteiger partial charge in [0.05, 0.1) is 23.7 Å². The van der Waals surface area contributed by atoms with E-state index in [0.717, 1.165) is 6.26 Å². The number of rotatable bonds is 6. The van der Waals surface area contributed by atoms with Crippen molar-refractivity contribution in [2.24, 2.45) is 0 Å². The van der Waals surface area contributed by atoms with Crippen molar-refractivity contribution < 1.29 is 17.9 Å². The molecule has 0 bridgehead atoms. The molecule has 0 saturated heterocycles. The van der Waals surface area contributed by atoms with Crippen LogP contribution in [0.4, 0.5) is 0 Å². The molecule has 0 unspecified atom stereocenters. The molecule has 10 heteroatoms. The number of sulfone groups is 1. The number of nitrogens with zero attached hydrogens (tertiary/aromatic N) is 3. The summed E-state index contributed by atoms with van der Waals surface area (Å²) in [5, 5.41) is -0.132. The molecule has 3 rings (SSSR count). The van der Waals surface area contributed by atoms with E-state index in [9.17, 15) is 18.0 Å². The first kappa shape index (κ1) is 28.3. The first-order valence-corrected chi connectivity index (χ1v) is 16.2. The number of aromatic nitrogens is 3. The van der Waals surface area contributed by atoms with Crippen LogP contribution in [-0.2, 0) is 14.6 Å². The number of methoxy groups -OCH3 is 1. The van der Waals surface area contributed by atoms with Crippen molar-refractivity contribution in [3.63, 3.8) is 0 Å². The maximum Gasteiger partial charge on any atom is 0.344 e. The minimum absolute atomic E-state index is 0.0504. The van der Waals surface area contributed by atoms with Gasteiger partial charge in [-0.05, 0) is 28.8 Å². The van der Waals surface area contributed by atoms with Crippen molar-refractivity contribution >= 4 is 34.9 Å². The normalized spacial score (nSPS) is 12.2. The fourth-order valence-electron chi connectivity index (χ4n) is 5.17. The van der Waals surface area contributed by atoms with Crippen LogP contribution in [0.1, 0.15) is 57.5 Å². The molecular formula is C27H33N3O5SSi. The van der Waals surface area contributed by atoms with Crippen LogP contribution in [0, 0.1) is 11.5 Å². The third-order valence-electron chi connectivity index (χ3n) is 6.90. The van der Waals surface area contributed by atoms with Crippen LogP contribution >= 0.6 is 0 Å². The number of benzene rings is 1. The van der Waals surface area contributed by atoms with E-state index in [0.29, 0.717) is 27.7 Å². The van der Waals surface area contributed by atoms with Crippen LogP contribution in [0.25, 0.3) is 16.7 Å². The molecule has 3 aromatic rings. The summed E-state index contributed by atoms with van der Waals surface area (Å²) in [5.41, 5.74) is 4.17. The van der Waals surface area contributed by atoms with Gasteiger partial charge in [0.15, 0.2) is 5.65 Å². The smallest absolute Gasteiger partial charge is 0.344 e. The largest absolute Gasteiger partial charge is 0.465 e. The van der Waals surface area contributed by atoms with Gasteiger partial charge in [-0.25, -0.2) is 18.2 Å². The number of pyridine rings is 1. The van der Waals surface area contributed by atoms with Gasteiger partial charge in [0.1, 0.15) is 13.6 Å². The number of esters is 1. The highest BCUT2D eigenvalue weighted by molar-refractivity contribution is 7.90. The summed E-state index contributed by atoms with van der Waals surface area (Å²) in [6, 6.07) is 8.58. The van der Waals surface area contributed by atoms with Gasteiger partial charge in [-0.2, -0.15) is 4.98 Å². The Bertz CT molecular complexity index is 1550. The van der Waals surface area contributed by atoms with E-state index < -0.39 is 34.6 Å². The highest BCUT2D eigenvalue weighted by atomic mass is 32.2. The molecule has 0 aliphatic rings. The van der Waals surface area contributed by atoms with Crippen molar-refractivity contribution in [3.8, 4) is 17.2 Å². The van der Waals surface area contributed by atoms with Crippen LogP contribution in [-0.4, -0.2) is 50.4 Å². The molecular weight excluding hydrogens is 506 g/mol. The third-order valence-corrected chi connectivity index (χ3v) is 14.1. The van der Waals surface area contributed by atoms with Crippen LogP contribution in [0.2, 0.25) is 16.6 Å². The van der Waals surface area contributed by atoms with Gasteiger partial charge in [-0.3, -0.25) is 9.36 Å². The molecule has 0 atom stereocenters. The van der Waals surface area contributed by atoms with Crippen molar-refractivity contribution in [1.29, 1.82) is 0 Å². The monoisotopic (exact) mass is 539 g/mol. The molecule has 8 nitrogen and oxygen atoms in total. The average molecular weight is 540 g/mol. The van der Waals surface area contributed by atoms with Gasteiger partial charge in [-0.15, -0.1) is 5.54 Å². The molecule has 196 valence electrons. The quantitative estimate of drug-likeness (QED) is 0.196. The second-order valence-electron chi connectivity index (χ2n) is 10.0. The van der Waals surface area contributed by atoms with E-state index in [1.54, 1.807) is 30.3 Å². The molecule has 2 aromatic heterocycles. The molecule has 0 aliphatic carbocycles. The number of hydrogen-bond donors (Lipinski definition) is 0. The number of ether oxygens (including phenoxy) is 1. The van der Waals surface area contributed by atoms with E-state index >= 15 is 0 Å². The Labute approximate surface area is 219 Å². The number of hydrogen-bond acceptors (Lipinski definition) is 7. The summed E-state index contributed by atoms with van der Waals surface area (Å²) in [7, 11) is -4.83. The van der Waals surface area contributed by atoms with Crippen LogP contribution < -0.4 is 5.56 Å². The Morgan fingerprint density at radius 3 is 2.08 bits per heavy atom. The van der Waals surface area contributed by atoms with E-state index in [-0.39, 0.29) is 16.8 Å². The summed E-state index contributed by atoms with van der Waals surface area (Å²) in [6.07, 6.45) is 2.31. The van der Waals surface area contributed by atoms with Crippen LogP contribution in [0.15, 0.2) is 46.5 Å². The van der Waals surface area contributed by atoms with E-state index in [1.165, 1.54) is 17.9 Å². The van der Waals surface area contributed by atoms with Gasteiger partial charge in [0, 0.05) is 12.5 Å². The Morgan fingerprint density at radius 2 is 1.59 bits per heavy atom. The summed E-state index contributed by atoms with van der Waals surface area (Å²) >= 11 is 0. The lowest BCUT2D eigenvalue weighted by Gasteiger charge is -2.38. The summed E-state index contributed by atoms with van der Waals surface area (Å²) < 4.78 is 30.8. The lowest BCUT2D eigenvalue weighted by atomic mass is 10.1. The van der Waals surface area contributed by atoms with E-state index in [4.69, 9.17) is 4.74 Å². The zero-order chi connectivity index (χ0) is 27.7. The Kier molecular flexibility index (Phi) is 8.10. The van der Waals surface area contributed by atoms with E-state index in [2.05, 4.69) is 63.0 Å². The summed E-state index contributed by atoms with van der Waals surface area (Å²) in [5.74, 6) is 2.37. The number of fused-ring (bicyclic) bond motifs is 1. The highest BCUT2D eigenvalue weighted by Gasteiger charge is 2.42. The lowest BCUT2D eigenvalue weighted by molar-refractivity contribution is 0.0598. The van der Waals surface area contributed by atoms with Crippen molar-refractivity contribution in [2.45, 2.75) is 63.3 Å². The number of carbonyl (C=O) groups excluding carboxylic acids is 1. The number of para-hydroxylation sites is 1. The van der Waals surface area contributed by atoms with Crippen LogP contribution in [0.5, 0.6) is 0 Å². The van der Waals surface area contributed by atoms with Gasteiger partial charge < -0.3 is 4.74 Å². The van der Waals surface area contributed by atoms with Crippen molar-refractivity contribution in [1.82, 2.24) is 14.5 Å². The third kappa shape index (κ3) is 5.11. The molecule has 2 heterocycles. The second-order valence-corrected chi connectivity index (χ2v) is 17.5. The predicted octanol–water partition coefficient (Wildman–Crippen LogP) is 4.54. The first-order valence-electron chi connectivity index (χ1n) is 12.1. The molecule has 0 saturated carbocycles. The zero-order valence-corrected chi connectivity index (χ0v) is 24.3. The molecule has 0 fully saturated rings. The highest BCUT2D eigenvalue weighted by Crippen LogP contribution is 2.41. The standard InChI is InChI=1S/C27H33N3O5SSi/c1-17(2)37(18(3)4,19(5)6)15-14-21-22-16-28-27(36(8,33)34)29-24(22)30(20-12-10-9-11-13-20)25(31)23(21)26(32)35-7/h9-13,16-19H,1-8H3. The Balaban J connectivity index is 2.60. The predicted molar refractivity (Wildman–Crippen MR) is 148 cm³/mol. The number of carbonyl (C=O) groups is 1. The maximum absolute atomic E-state index is 13.9. The molecule has 37 heavy (non-hydrogen) atoms. The fraction of sp³-hybridized carbons (Fsp3) is 0.407. The zero-order valence-electron chi connectivity index (χ0n) is 22.5. The van der Waals surface area contributed by atoms with Gasteiger partial charge in [-0.1, -0.05) is 65.7 Å². The SMILES string of the molecule is COC(=O)c1c(C#C[Si](C(C)C)(C(C)C)C(C)C)c2cnc(S(C)(=O)=O)nc2n(-c2ccccc2)c1=O. The average Bonchev–Trinajstić information content (AvgIpc) is 2.82. The van der Waals surface area contributed by atoms with Gasteiger partial charge in [0.25, 0.3) is 5.56 Å². The minimum Gasteiger partial charge on any atom is -0.465 e. The van der Waals surface area contributed by atoms with Gasteiger partial charge in [0.2, 0.25) is 15.0 Å². The van der Waals surface area contributed by atoms with Crippen LogP contribution in [0.3, 0.4) is 0 Å².